The fourth-order valence-electron chi connectivity index (χ4n) is 5.72. The minimum atomic E-state index is -1.08. The highest BCUT2D eigenvalue weighted by Crippen LogP contribution is 2.44. The maximum absolute atomic E-state index is 9.75. The molecule has 0 aliphatic heterocycles. The number of hydrogen-bond donors (Lipinski definition) is 0. The summed E-state index contributed by atoms with van der Waals surface area (Å²) in [7, 11) is 0. The summed E-state index contributed by atoms with van der Waals surface area (Å²) in [6.07, 6.45) is 0. The zero-order valence-corrected chi connectivity index (χ0v) is 24.4. The molecule has 10 aromatic rings. The van der Waals surface area contributed by atoms with Gasteiger partial charge in [0.15, 0.2) is 0 Å². The molecule has 0 bridgehead atoms. The van der Waals surface area contributed by atoms with Gasteiger partial charge in [0, 0.05) is 16.3 Å². The Morgan fingerprint density at radius 3 is 1.47 bits per heavy atom. The van der Waals surface area contributed by atoms with Crippen molar-refractivity contribution in [2.45, 2.75) is 0 Å². The summed E-state index contributed by atoms with van der Waals surface area (Å²) in [5.41, 5.74) is -7.17. The molecule has 9 aromatic carbocycles. The number of hydrogen-bond acceptors (Lipinski definition) is 1. The molecule has 0 aliphatic carbocycles. The van der Waals surface area contributed by atoms with Gasteiger partial charge in [-0.15, -0.1) is 0 Å². The Kier molecular flexibility index (Phi) is 2.50. The number of furan rings is 1. The van der Waals surface area contributed by atoms with E-state index >= 15 is 0 Å². The first-order chi connectivity index (χ1) is 36.8. The fourth-order valence-corrected chi connectivity index (χ4v) is 5.72. The van der Waals surface area contributed by atoms with E-state index in [1.807, 2.05) is 0 Å². The van der Waals surface area contributed by atoms with E-state index in [-0.39, 0.29) is 0 Å². The molecule has 0 aliphatic rings. The topological polar surface area (TPSA) is 13.1 Å². The van der Waals surface area contributed by atoms with E-state index in [0.717, 1.165) is 0 Å². The smallest absolute Gasteiger partial charge is 0.143 e. The lowest BCUT2D eigenvalue weighted by atomic mass is 9.85. The molecule has 0 fully saturated rings. The molecule has 0 saturated carbocycles. The van der Waals surface area contributed by atoms with Crippen molar-refractivity contribution in [3.05, 3.63) is 181 Å². The molecule has 0 radical (unpaired) electrons. The van der Waals surface area contributed by atoms with E-state index < -0.39 is 280 Å². The van der Waals surface area contributed by atoms with Gasteiger partial charge in [0.05, 0.1) is 41.1 Å². The number of fused-ring (bicyclic) bond motifs is 6. The van der Waals surface area contributed by atoms with Gasteiger partial charge in [0.2, 0.25) is 0 Å². The minimum Gasteiger partial charge on any atom is -0.455 e. The second kappa shape index (κ2) is 11.1. The Bertz CT molecular complexity index is 4460. The molecule has 0 unspecified atom stereocenters. The van der Waals surface area contributed by atoms with Crippen LogP contribution in [0.1, 0.15) is 41.1 Å². The lowest BCUT2D eigenvalue weighted by Gasteiger charge is -2.18. The Balaban J connectivity index is 1.36. The van der Waals surface area contributed by atoms with Crippen molar-refractivity contribution in [2.24, 2.45) is 0 Å². The summed E-state index contributed by atoms with van der Waals surface area (Å²) in [4.78, 5) is 0. The van der Waals surface area contributed by atoms with Crippen LogP contribution in [0.25, 0.3) is 98.8 Å². The predicted molar refractivity (Wildman–Crippen MR) is 208 cm³/mol. The highest BCUT2D eigenvalue weighted by atomic mass is 16.3. The van der Waals surface area contributed by atoms with Gasteiger partial charge in [-0.1, -0.05) is 157 Å². The van der Waals surface area contributed by atoms with Crippen LogP contribution in [-0.4, -0.2) is 0 Å². The molecule has 1 heteroatoms. The van der Waals surface area contributed by atoms with Crippen LogP contribution >= 0.6 is 0 Å². The Labute approximate surface area is 326 Å². The molecule has 10 rings (SSSR count). The van der Waals surface area contributed by atoms with Crippen molar-refractivity contribution in [1.29, 1.82) is 0 Å². The van der Waals surface area contributed by atoms with Crippen LogP contribution < -0.4 is 0 Å². The number of benzene rings is 9. The van der Waals surface area contributed by atoms with Gasteiger partial charge in [-0.25, -0.2) is 0 Å². The molecule has 1 aromatic heterocycles. The molecule has 0 amide bonds. The summed E-state index contributed by atoms with van der Waals surface area (Å²) < 4.78 is 274. The first kappa shape index (κ1) is 11.1. The molecule has 0 spiro atoms. The predicted octanol–water partition coefficient (Wildman–Crippen LogP) is 13.7. The SMILES string of the molecule is [2H]c1c([2H])c([2H])c(-c2c([2H])c([2H])c([2H])c3c2oc2c([2H])c(-c4c([2H])c([2H])c5c([2H])c(-c6c7c([2H])c([2H])c([2H])c([2H])c7c(-c7c([2H])c([2H])c([2H])c([2H])c7[2H])c7c([2H])c([2H])c([2H])c([2H])c67)c([2H])c([2H])c5c4[2H])c([2H])c([2H])c23)c([2H])c1[2H]. The van der Waals surface area contributed by atoms with Gasteiger partial charge in [-0.05, 0) is 95.4 Å². The second-order valence-electron chi connectivity index (χ2n) is 10.5. The average molecular weight is 653 g/mol. The number of rotatable bonds is 4. The fraction of sp³-hybridized carbons (Fsp3) is 0. The largest absolute Gasteiger partial charge is 0.455 e. The molecule has 0 atom stereocenters. The van der Waals surface area contributed by atoms with Crippen molar-refractivity contribution in [1.82, 2.24) is 0 Å². The highest BCUT2D eigenvalue weighted by Gasteiger charge is 2.17. The van der Waals surface area contributed by atoms with Crippen molar-refractivity contribution < 1.29 is 45.5 Å². The maximum Gasteiger partial charge on any atom is 0.143 e. The molecule has 0 N–H and O–H groups in total. The zero-order valence-electron chi connectivity index (χ0n) is 54.4. The quantitative estimate of drug-likeness (QED) is 0.172. The van der Waals surface area contributed by atoms with Crippen LogP contribution in [0.4, 0.5) is 0 Å². The zero-order chi connectivity index (χ0) is 58.4. The molecule has 0 saturated heterocycles. The van der Waals surface area contributed by atoms with Gasteiger partial charge >= 0.3 is 0 Å². The van der Waals surface area contributed by atoms with Crippen LogP contribution in [0, 0.1) is 0 Å². The molecular weight excluding hydrogens is 593 g/mol. The van der Waals surface area contributed by atoms with Gasteiger partial charge < -0.3 is 4.42 Å². The van der Waals surface area contributed by atoms with Crippen LogP contribution in [0.2, 0.25) is 0 Å². The highest BCUT2D eigenvalue weighted by molar-refractivity contribution is 6.21. The van der Waals surface area contributed by atoms with Crippen LogP contribution in [0.3, 0.4) is 0 Å². The summed E-state index contributed by atoms with van der Waals surface area (Å²) in [6, 6.07) is -28.2. The first-order valence-electron chi connectivity index (χ1n) is 29.4. The standard InChI is InChI=1S/C48H30O/c1-3-12-31(13-4-1)38-20-11-21-44-39-27-26-36(30-45(39)49-48(38)44)34-22-23-35-29-37(25-24-33(35)28-34)47-42-18-9-7-16-40(42)46(32-14-5-2-6-15-32)41-17-8-10-19-43(41)47/h1-30H/i1D,2D,3D,4D,5D,6D,7D,8D,9D,10D,11D,12D,13D,14D,15D,16D,17D,18D,19D,20D,21D,22D,23D,24D,25D,26D,27D,28D,29D,30D. The van der Waals surface area contributed by atoms with Crippen molar-refractivity contribution in [3.63, 3.8) is 0 Å². The van der Waals surface area contributed by atoms with Crippen LogP contribution in [0.5, 0.6) is 0 Å². The molecule has 228 valence electrons. The van der Waals surface area contributed by atoms with Crippen molar-refractivity contribution >= 4 is 54.3 Å². The van der Waals surface area contributed by atoms with Gasteiger partial charge in [0.25, 0.3) is 0 Å². The first-order valence-corrected chi connectivity index (χ1v) is 14.4. The van der Waals surface area contributed by atoms with Crippen LogP contribution in [-0.2, 0) is 0 Å². The Morgan fingerprint density at radius 1 is 0.327 bits per heavy atom. The lowest BCUT2D eigenvalue weighted by Crippen LogP contribution is -1.90. The Morgan fingerprint density at radius 2 is 0.816 bits per heavy atom. The normalized spacial score (nSPS) is 20.2. The maximum atomic E-state index is 9.75. The minimum absolute atomic E-state index is 0.483. The van der Waals surface area contributed by atoms with E-state index in [1.165, 1.54) is 0 Å². The molecule has 1 nitrogen and oxygen atoms in total. The summed E-state index contributed by atoms with van der Waals surface area (Å²) in [5.74, 6) is 0. The third-order valence-corrected chi connectivity index (χ3v) is 7.81. The molecule has 1 heterocycles. The van der Waals surface area contributed by atoms with Crippen LogP contribution in [0.15, 0.2) is 186 Å². The van der Waals surface area contributed by atoms with E-state index in [4.69, 9.17) is 27.7 Å². The van der Waals surface area contributed by atoms with E-state index in [2.05, 4.69) is 0 Å². The summed E-state index contributed by atoms with van der Waals surface area (Å²) >= 11 is 0. The van der Waals surface area contributed by atoms with Gasteiger partial charge in [-0.2, -0.15) is 0 Å². The van der Waals surface area contributed by atoms with Crippen molar-refractivity contribution in [3.8, 4) is 44.5 Å². The van der Waals surface area contributed by atoms with Gasteiger partial charge in [-0.3, -0.25) is 0 Å². The van der Waals surface area contributed by atoms with Crippen molar-refractivity contribution in [2.75, 3.05) is 0 Å². The monoisotopic (exact) mass is 652 g/mol. The van der Waals surface area contributed by atoms with Gasteiger partial charge in [0.1, 0.15) is 11.2 Å². The van der Waals surface area contributed by atoms with E-state index in [1.54, 1.807) is 0 Å². The van der Waals surface area contributed by atoms with E-state index in [0.29, 0.717) is 0 Å². The second-order valence-corrected chi connectivity index (χ2v) is 10.5. The third kappa shape index (κ3) is 4.47. The number of para-hydroxylation sites is 1. The molecular formula is C48H30O. The molecule has 49 heavy (non-hydrogen) atoms. The van der Waals surface area contributed by atoms with E-state index in [9.17, 15) is 17.8 Å². The Hall–Kier alpha value is -6.44. The lowest BCUT2D eigenvalue weighted by molar-refractivity contribution is 0.670. The summed E-state index contributed by atoms with van der Waals surface area (Å²) in [5, 5.41) is -5.42. The third-order valence-electron chi connectivity index (χ3n) is 7.81. The average Bonchev–Trinajstić information content (AvgIpc) is 3.84. The summed E-state index contributed by atoms with van der Waals surface area (Å²) in [6.45, 7) is 0.